The van der Waals surface area contributed by atoms with Crippen molar-refractivity contribution < 1.29 is 19.4 Å². The molecule has 1 aromatic rings. The summed E-state index contributed by atoms with van der Waals surface area (Å²) in [5, 5.41) is 11.8. The molecule has 0 heterocycles. The fraction of sp³-hybridized carbons (Fsp3) is 0.533. The Morgan fingerprint density at radius 3 is 2.35 bits per heavy atom. The minimum absolute atomic E-state index is 0.154. The zero-order valence-corrected chi connectivity index (χ0v) is 12.3. The minimum atomic E-state index is -0.154. The molecule has 0 spiro atoms. The second-order valence-corrected chi connectivity index (χ2v) is 4.79. The number of hydrogen-bond acceptors (Lipinski definition) is 4. The molecular weight excluding hydrogens is 258 g/mol. The highest BCUT2D eigenvalue weighted by Gasteiger charge is 2.09. The predicted molar refractivity (Wildman–Crippen MR) is 77.4 cm³/mol. The molecule has 0 radical (unpaired) electrons. The van der Waals surface area contributed by atoms with E-state index in [1.165, 1.54) is 0 Å². The van der Waals surface area contributed by atoms with Gasteiger partial charge in [0, 0.05) is 24.8 Å². The van der Waals surface area contributed by atoms with Crippen LogP contribution < -0.4 is 14.8 Å². The maximum absolute atomic E-state index is 12.0. The summed E-state index contributed by atoms with van der Waals surface area (Å²) >= 11 is 0. The molecule has 1 rings (SSSR count). The summed E-state index contributed by atoms with van der Waals surface area (Å²) in [4.78, 5) is 12.0. The lowest BCUT2D eigenvalue weighted by molar-refractivity contribution is 0.0951. The Kier molecular flexibility index (Phi) is 6.87. The summed E-state index contributed by atoms with van der Waals surface area (Å²) in [7, 11) is 3.10. The molecule has 0 saturated heterocycles. The zero-order chi connectivity index (χ0) is 15.0. The number of methoxy groups -OCH3 is 2. The molecule has 5 nitrogen and oxygen atoms in total. The number of amides is 1. The number of aliphatic hydroxyl groups excluding tert-OH is 1. The normalized spacial score (nSPS) is 11.8. The van der Waals surface area contributed by atoms with Crippen LogP contribution in [0.3, 0.4) is 0 Å². The number of nitrogens with one attached hydrogen (secondary N) is 1. The number of carbonyl (C=O) groups excluding carboxylic acids is 1. The van der Waals surface area contributed by atoms with Gasteiger partial charge in [0.05, 0.1) is 14.2 Å². The molecule has 1 amide bonds. The van der Waals surface area contributed by atoms with Gasteiger partial charge in [-0.2, -0.15) is 0 Å². The lowest BCUT2D eigenvalue weighted by atomic mass is 10.1. The molecule has 0 aliphatic carbocycles. The van der Waals surface area contributed by atoms with Crippen LogP contribution in [0.1, 0.15) is 30.1 Å². The van der Waals surface area contributed by atoms with E-state index in [1.807, 2.05) is 6.92 Å². The van der Waals surface area contributed by atoms with E-state index in [0.717, 1.165) is 12.8 Å². The second-order valence-electron chi connectivity index (χ2n) is 4.79. The first-order valence-electron chi connectivity index (χ1n) is 6.72. The van der Waals surface area contributed by atoms with Gasteiger partial charge >= 0.3 is 0 Å². The van der Waals surface area contributed by atoms with E-state index in [-0.39, 0.29) is 18.4 Å². The largest absolute Gasteiger partial charge is 0.497 e. The van der Waals surface area contributed by atoms with Crippen LogP contribution in [0.2, 0.25) is 0 Å². The fourth-order valence-corrected chi connectivity index (χ4v) is 1.78. The van der Waals surface area contributed by atoms with Crippen molar-refractivity contribution >= 4 is 5.91 Å². The monoisotopic (exact) mass is 281 g/mol. The highest BCUT2D eigenvalue weighted by atomic mass is 16.5. The summed E-state index contributed by atoms with van der Waals surface area (Å²) in [6, 6.07) is 5.07. The third-order valence-electron chi connectivity index (χ3n) is 3.08. The van der Waals surface area contributed by atoms with Crippen LogP contribution in [0.15, 0.2) is 18.2 Å². The minimum Gasteiger partial charge on any atom is -0.497 e. The number of benzene rings is 1. The predicted octanol–water partition coefficient (Wildman–Crippen LogP) is 1.84. The SMILES string of the molecule is COc1cc(OC)cc(C(=O)NCCCC(C)CO)c1. The van der Waals surface area contributed by atoms with Gasteiger partial charge in [0.15, 0.2) is 0 Å². The number of hydrogen-bond donors (Lipinski definition) is 2. The molecule has 0 fully saturated rings. The Morgan fingerprint density at radius 2 is 1.85 bits per heavy atom. The summed E-state index contributed by atoms with van der Waals surface area (Å²) in [5.74, 6) is 1.29. The van der Waals surface area contributed by atoms with Crippen LogP contribution in [-0.4, -0.2) is 38.4 Å². The van der Waals surface area contributed by atoms with Crippen molar-refractivity contribution in [3.8, 4) is 11.5 Å². The van der Waals surface area contributed by atoms with Crippen molar-refractivity contribution in [2.75, 3.05) is 27.4 Å². The van der Waals surface area contributed by atoms with Crippen molar-refractivity contribution in [1.29, 1.82) is 0 Å². The molecule has 112 valence electrons. The Bertz CT molecular complexity index is 412. The number of ether oxygens (including phenoxy) is 2. The lowest BCUT2D eigenvalue weighted by Crippen LogP contribution is -2.25. The lowest BCUT2D eigenvalue weighted by Gasteiger charge is -2.10. The number of carbonyl (C=O) groups is 1. The maximum Gasteiger partial charge on any atom is 0.251 e. The van der Waals surface area contributed by atoms with Gasteiger partial charge in [-0.05, 0) is 30.9 Å². The van der Waals surface area contributed by atoms with Gasteiger partial charge in [-0.25, -0.2) is 0 Å². The van der Waals surface area contributed by atoms with Crippen LogP contribution >= 0.6 is 0 Å². The van der Waals surface area contributed by atoms with Gasteiger partial charge in [0.2, 0.25) is 0 Å². The summed E-state index contributed by atoms with van der Waals surface area (Å²) < 4.78 is 10.3. The van der Waals surface area contributed by atoms with Crippen LogP contribution in [0.5, 0.6) is 11.5 Å². The van der Waals surface area contributed by atoms with Crippen LogP contribution in [-0.2, 0) is 0 Å². The molecule has 0 aliphatic rings. The average molecular weight is 281 g/mol. The molecule has 2 N–H and O–H groups in total. The molecule has 0 aliphatic heterocycles. The van der Waals surface area contributed by atoms with Gasteiger partial charge in [-0.1, -0.05) is 6.92 Å². The molecule has 0 saturated carbocycles. The highest BCUT2D eigenvalue weighted by molar-refractivity contribution is 5.95. The molecule has 0 aromatic heterocycles. The van der Waals surface area contributed by atoms with Crippen LogP contribution in [0, 0.1) is 5.92 Å². The summed E-state index contributed by atoms with van der Waals surface area (Å²) in [6.07, 6.45) is 1.73. The molecule has 1 atom stereocenters. The molecule has 0 bridgehead atoms. The third-order valence-corrected chi connectivity index (χ3v) is 3.08. The first-order chi connectivity index (χ1) is 9.60. The van der Waals surface area contributed by atoms with Crippen molar-refractivity contribution in [2.24, 2.45) is 5.92 Å². The van der Waals surface area contributed by atoms with Crippen molar-refractivity contribution in [3.63, 3.8) is 0 Å². The topological polar surface area (TPSA) is 67.8 Å². The molecule has 1 aromatic carbocycles. The van der Waals surface area contributed by atoms with E-state index in [9.17, 15) is 4.79 Å². The Balaban J connectivity index is 2.54. The third kappa shape index (κ3) is 5.09. The number of rotatable bonds is 8. The van der Waals surface area contributed by atoms with Crippen LogP contribution in [0.4, 0.5) is 0 Å². The first kappa shape index (κ1) is 16.3. The van der Waals surface area contributed by atoms with Crippen molar-refractivity contribution in [1.82, 2.24) is 5.32 Å². The van der Waals surface area contributed by atoms with Gasteiger partial charge < -0.3 is 19.9 Å². The zero-order valence-electron chi connectivity index (χ0n) is 12.3. The smallest absolute Gasteiger partial charge is 0.251 e. The van der Waals surface area contributed by atoms with E-state index in [2.05, 4.69) is 5.32 Å². The van der Waals surface area contributed by atoms with Crippen molar-refractivity contribution in [2.45, 2.75) is 19.8 Å². The first-order valence-corrected chi connectivity index (χ1v) is 6.72. The van der Waals surface area contributed by atoms with E-state index in [1.54, 1.807) is 32.4 Å². The van der Waals surface area contributed by atoms with Crippen molar-refractivity contribution in [3.05, 3.63) is 23.8 Å². The molecule has 1 unspecified atom stereocenters. The molecular formula is C15H23NO4. The standard InChI is InChI=1S/C15H23NO4/c1-11(10-17)5-4-6-16-15(18)12-7-13(19-2)9-14(8-12)20-3/h7-9,11,17H,4-6,10H2,1-3H3,(H,16,18). The van der Waals surface area contributed by atoms with Gasteiger partial charge in [0.1, 0.15) is 11.5 Å². The highest BCUT2D eigenvalue weighted by Crippen LogP contribution is 2.22. The fourth-order valence-electron chi connectivity index (χ4n) is 1.78. The second kappa shape index (κ2) is 8.43. The molecule has 20 heavy (non-hydrogen) atoms. The quantitative estimate of drug-likeness (QED) is 0.714. The Morgan fingerprint density at radius 1 is 1.25 bits per heavy atom. The summed E-state index contributed by atoms with van der Waals surface area (Å²) in [6.45, 7) is 2.75. The van der Waals surface area contributed by atoms with Gasteiger partial charge in [-0.3, -0.25) is 4.79 Å². The Hall–Kier alpha value is -1.75. The molecule has 5 heteroatoms. The maximum atomic E-state index is 12.0. The van der Waals surface area contributed by atoms with Crippen LogP contribution in [0.25, 0.3) is 0 Å². The van der Waals surface area contributed by atoms with E-state index < -0.39 is 0 Å². The van der Waals surface area contributed by atoms with Gasteiger partial charge in [0.25, 0.3) is 5.91 Å². The number of aliphatic hydroxyl groups is 1. The average Bonchev–Trinajstić information content (AvgIpc) is 2.50. The van der Waals surface area contributed by atoms with E-state index in [4.69, 9.17) is 14.6 Å². The van der Waals surface area contributed by atoms with E-state index in [0.29, 0.717) is 23.6 Å². The Labute approximate surface area is 119 Å². The summed E-state index contributed by atoms with van der Waals surface area (Å²) in [5.41, 5.74) is 0.511. The van der Waals surface area contributed by atoms with E-state index >= 15 is 0 Å². The van der Waals surface area contributed by atoms with Gasteiger partial charge in [-0.15, -0.1) is 0 Å².